The molecule has 3 heterocycles. The average molecular weight is 656 g/mol. The van der Waals surface area contributed by atoms with Crippen LogP contribution >= 0.6 is 0 Å². The van der Waals surface area contributed by atoms with E-state index in [0.717, 1.165) is 57.2 Å². The number of rotatable bonds is 7. The normalized spacial score (nSPS) is 17.8. The molecule has 3 aromatic heterocycles. The maximum atomic E-state index is 14.2. The van der Waals surface area contributed by atoms with Crippen molar-refractivity contribution in [2.45, 2.75) is 69.2 Å². The number of aliphatic carboxylic acids is 1. The number of nitrogens with one attached hydrogen (secondary N) is 1. The summed E-state index contributed by atoms with van der Waals surface area (Å²) in [7, 11) is 3.76. The number of fused-ring (bicyclic) bond motifs is 2. The number of aryl methyl sites for hydroxylation is 2. The monoisotopic (exact) mass is 655 g/mol. The molecule has 2 aliphatic carbocycles. The van der Waals surface area contributed by atoms with Crippen LogP contribution in [-0.2, 0) is 24.4 Å². The van der Waals surface area contributed by atoms with Gasteiger partial charge in [-0.05, 0) is 98.5 Å². The van der Waals surface area contributed by atoms with E-state index in [0.29, 0.717) is 36.9 Å². The maximum absolute atomic E-state index is 14.2. The second-order valence-corrected chi connectivity index (χ2v) is 13.3. The zero-order chi connectivity index (χ0) is 34.0. The number of aromatic nitrogens is 4. The third kappa shape index (κ3) is 5.44. The van der Waals surface area contributed by atoms with Gasteiger partial charge in [-0.15, -0.1) is 0 Å². The molecular weight excluding hydrogens is 619 g/mol. The number of carboxylic acids is 1. The molecule has 2 saturated carbocycles. The second kappa shape index (κ2) is 11.6. The summed E-state index contributed by atoms with van der Waals surface area (Å²) in [6.45, 7) is 1.55. The van der Waals surface area contributed by atoms with Crippen molar-refractivity contribution in [1.82, 2.24) is 24.4 Å². The molecule has 0 spiro atoms. The molecule has 1 amide bonds. The first kappa shape index (κ1) is 31.7. The van der Waals surface area contributed by atoms with E-state index in [-0.39, 0.29) is 30.2 Å². The lowest BCUT2D eigenvalue weighted by Gasteiger charge is -2.41. The zero-order valence-electron chi connectivity index (χ0n) is 27.0. The second-order valence-electron chi connectivity index (χ2n) is 13.3. The number of amides is 1. The number of carbonyl (C=O) groups excluding carboxylic acids is 1. The fourth-order valence-electron chi connectivity index (χ4n) is 7.44. The summed E-state index contributed by atoms with van der Waals surface area (Å²) in [4.78, 5) is 34.6. The van der Waals surface area contributed by atoms with Crippen molar-refractivity contribution in [1.29, 1.82) is 0 Å². The number of nitrogens with zero attached hydrogens (tertiary/aromatic N) is 4. The Bertz CT molecular complexity index is 2120. The van der Waals surface area contributed by atoms with Crippen LogP contribution in [0.1, 0.15) is 85.1 Å². The Morgan fingerprint density at radius 3 is 2.38 bits per heavy atom. The van der Waals surface area contributed by atoms with E-state index in [1.807, 2.05) is 53.6 Å². The maximum Gasteiger partial charge on any atom is 0.331 e. The van der Waals surface area contributed by atoms with Crippen molar-refractivity contribution in [2.75, 3.05) is 0 Å². The highest BCUT2D eigenvalue weighted by atomic mass is 19.3. The Kier molecular flexibility index (Phi) is 7.68. The molecule has 5 aromatic rings. The number of carboxylic acid groups (broad SMARTS) is 1. The minimum absolute atomic E-state index is 0.130. The highest BCUT2D eigenvalue weighted by Gasteiger charge is 2.44. The van der Waals surface area contributed by atoms with Gasteiger partial charge >= 0.3 is 5.97 Å². The van der Waals surface area contributed by atoms with Gasteiger partial charge in [0.15, 0.2) is 0 Å². The van der Waals surface area contributed by atoms with Crippen LogP contribution in [0.5, 0.6) is 0 Å². The first-order valence-corrected chi connectivity index (χ1v) is 16.2. The van der Waals surface area contributed by atoms with E-state index in [1.165, 1.54) is 6.07 Å². The summed E-state index contributed by atoms with van der Waals surface area (Å²) in [5.41, 5.74) is 5.26. The molecule has 0 atom stereocenters. The quantitative estimate of drug-likeness (QED) is 0.174. The minimum Gasteiger partial charge on any atom is -0.478 e. The first-order chi connectivity index (χ1) is 22.9. The Hall–Kier alpha value is -4.93. The smallest absolute Gasteiger partial charge is 0.331 e. The molecule has 0 radical (unpaired) electrons. The van der Waals surface area contributed by atoms with E-state index < -0.39 is 23.2 Å². The Morgan fingerprint density at radius 1 is 0.979 bits per heavy atom. The lowest BCUT2D eigenvalue weighted by atomic mass is 9.75. The van der Waals surface area contributed by atoms with Gasteiger partial charge < -0.3 is 19.6 Å². The van der Waals surface area contributed by atoms with Crippen molar-refractivity contribution in [3.05, 3.63) is 88.6 Å². The number of hydrogen-bond donors (Lipinski definition) is 2. The Morgan fingerprint density at radius 2 is 1.73 bits per heavy atom. The van der Waals surface area contributed by atoms with Crippen LogP contribution in [0.4, 0.5) is 13.2 Å². The summed E-state index contributed by atoms with van der Waals surface area (Å²) in [5, 5.41) is 13.4. The predicted octanol–water partition coefficient (Wildman–Crippen LogP) is 7.86. The molecule has 2 fully saturated rings. The third-order valence-electron chi connectivity index (χ3n) is 10.2. The topological polar surface area (TPSA) is 102 Å². The predicted molar refractivity (Wildman–Crippen MR) is 177 cm³/mol. The molecule has 11 heteroatoms. The van der Waals surface area contributed by atoms with E-state index in [1.54, 1.807) is 25.1 Å². The van der Waals surface area contributed by atoms with E-state index >= 15 is 0 Å². The van der Waals surface area contributed by atoms with Gasteiger partial charge in [0.25, 0.3) is 5.91 Å². The number of carbonyl (C=O) groups is 2. The number of hydrogen-bond acceptors (Lipinski definition) is 4. The van der Waals surface area contributed by atoms with Crippen molar-refractivity contribution in [3.8, 4) is 11.4 Å². The molecule has 0 bridgehead atoms. The molecule has 0 unspecified atom stereocenters. The molecule has 48 heavy (non-hydrogen) atoms. The van der Waals surface area contributed by atoms with E-state index in [4.69, 9.17) is 4.98 Å². The summed E-state index contributed by atoms with van der Waals surface area (Å²) in [6, 6.07) is 14.0. The van der Waals surface area contributed by atoms with Crippen molar-refractivity contribution in [2.24, 2.45) is 14.1 Å². The van der Waals surface area contributed by atoms with Gasteiger partial charge in [0, 0.05) is 49.0 Å². The molecule has 8 nitrogen and oxygen atoms in total. The van der Waals surface area contributed by atoms with Gasteiger partial charge in [-0.25, -0.2) is 22.9 Å². The Labute approximate surface area is 275 Å². The molecule has 7 rings (SSSR count). The Balaban J connectivity index is 1.24. The summed E-state index contributed by atoms with van der Waals surface area (Å²) in [6.07, 6.45) is 5.35. The van der Waals surface area contributed by atoms with Crippen LogP contribution in [-0.4, -0.2) is 42.0 Å². The van der Waals surface area contributed by atoms with Crippen molar-refractivity contribution >= 4 is 39.9 Å². The highest BCUT2D eigenvalue weighted by molar-refractivity contribution is 6.01. The zero-order valence-corrected chi connectivity index (χ0v) is 27.0. The lowest BCUT2D eigenvalue weighted by Crippen LogP contribution is -2.52. The van der Waals surface area contributed by atoms with E-state index in [2.05, 4.69) is 10.3 Å². The van der Waals surface area contributed by atoms with Gasteiger partial charge in [0.1, 0.15) is 11.6 Å². The molecule has 2 aromatic carbocycles. The average Bonchev–Trinajstić information content (AvgIpc) is 3.52. The number of alkyl halides is 2. The summed E-state index contributed by atoms with van der Waals surface area (Å²) in [5.74, 6) is -3.79. The van der Waals surface area contributed by atoms with Crippen molar-refractivity contribution in [3.63, 3.8) is 0 Å². The molecule has 0 saturated heterocycles. The fourth-order valence-corrected chi connectivity index (χ4v) is 7.44. The molecule has 2 N–H and O–H groups in total. The lowest BCUT2D eigenvalue weighted by molar-refractivity contribution is -0.132. The van der Waals surface area contributed by atoms with Crippen LogP contribution in [0.25, 0.3) is 39.4 Å². The fraction of sp³-hybridized carbons (Fsp3) is 0.351. The minimum atomic E-state index is -2.68. The number of pyridine rings is 1. The van der Waals surface area contributed by atoms with Crippen LogP contribution in [0, 0.1) is 5.82 Å². The third-order valence-corrected chi connectivity index (χ3v) is 10.2. The summed E-state index contributed by atoms with van der Waals surface area (Å²) < 4.78 is 46.0. The number of imidazole rings is 1. The number of halogens is 3. The van der Waals surface area contributed by atoms with Gasteiger partial charge in [-0.1, -0.05) is 12.1 Å². The first-order valence-electron chi connectivity index (χ1n) is 16.2. The van der Waals surface area contributed by atoms with Crippen LogP contribution in [0.15, 0.2) is 60.3 Å². The van der Waals surface area contributed by atoms with Gasteiger partial charge in [-0.3, -0.25) is 9.78 Å². The van der Waals surface area contributed by atoms with Crippen LogP contribution < -0.4 is 5.32 Å². The van der Waals surface area contributed by atoms with Gasteiger partial charge in [0.2, 0.25) is 5.92 Å². The SMILES string of the molecule is C/C(=C\c1ccc2nc(C3(NC(=O)c4ccc5c(C6CCC(F)(F)CC6)c(-c6ccc(F)cn6)n(C)c5c4)CCC3)n(C)c2c1)C(=O)O. The summed E-state index contributed by atoms with van der Waals surface area (Å²) >= 11 is 0. The van der Waals surface area contributed by atoms with E-state index in [9.17, 15) is 27.9 Å². The highest BCUT2D eigenvalue weighted by Crippen LogP contribution is 2.47. The van der Waals surface area contributed by atoms with Crippen LogP contribution in [0.3, 0.4) is 0 Å². The largest absolute Gasteiger partial charge is 0.478 e. The van der Waals surface area contributed by atoms with Crippen molar-refractivity contribution < 1.29 is 27.9 Å². The molecule has 0 aliphatic heterocycles. The van der Waals surface area contributed by atoms with Gasteiger partial charge in [0.05, 0.1) is 34.2 Å². The van der Waals surface area contributed by atoms with Crippen LogP contribution in [0.2, 0.25) is 0 Å². The molecular formula is C37H36F3N5O3. The molecule has 2 aliphatic rings. The van der Waals surface area contributed by atoms with Gasteiger partial charge in [-0.2, -0.15) is 0 Å². The molecule has 248 valence electrons. The number of benzene rings is 2. The standard InChI is InChI=1S/C37H36F3N5O3/c1-21(34(47)48)17-22-5-9-27-30(18-22)45(3)35(42-27)36(13-4-14-36)43-33(46)24-6-8-26-29(19-24)44(2)32(28-10-7-25(38)20-41-28)31(26)23-11-15-37(39,40)16-12-23/h5-10,17-20,23H,4,11-16H2,1-3H3,(H,43,46)(H,47,48)/b21-17+.